The van der Waals surface area contributed by atoms with Crippen LogP contribution in [0.1, 0.15) is 12.5 Å². The minimum absolute atomic E-state index is 0.0420. The molecule has 1 heterocycles. The van der Waals surface area contributed by atoms with E-state index in [9.17, 15) is 19.2 Å². The maximum absolute atomic E-state index is 14.4. The van der Waals surface area contributed by atoms with Crippen LogP contribution >= 0.6 is 27.7 Å². The van der Waals surface area contributed by atoms with Crippen molar-refractivity contribution in [2.24, 2.45) is 0 Å². The number of benzene rings is 1. The van der Waals surface area contributed by atoms with Crippen LogP contribution in [0, 0.1) is 17.1 Å². The van der Waals surface area contributed by atoms with Gasteiger partial charge >= 0.3 is 5.97 Å². The van der Waals surface area contributed by atoms with Gasteiger partial charge in [-0.05, 0) is 25.3 Å². The minimum atomic E-state index is -0.782. The highest BCUT2D eigenvalue weighted by atomic mass is 79.9. The molecule has 0 bridgehead atoms. The van der Waals surface area contributed by atoms with Gasteiger partial charge in [-0.25, -0.2) is 14.2 Å². The first-order valence-electron chi connectivity index (χ1n) is 7.27. The fraction of sp³-hybridized carbons (Fsp3) is 0.250. The maximum Gasteiger partial charge on any atom is 0.344 e. The molecule has 0 unspecified atom stereocenters. The molecule has 26 heavy (non-hydrogen) atoms. The molecule has 0 fully saturated rings. The number of rotatable bonds is 6. The zero-order valence-corrected chi connectivity index (χ0v) is 16.2. The van der Waals surface area contributed by atoms with Crippen molar-refractivity contribution in [3.8, 4) is 23.1 Å². The number of esters is 1. The van der Waals surface area contributed by atoms with Crippen LogP contribution in [0.3, 0.4) is 0 Å². The molecule has 2 rings (SSSR count). The highest BCUT2D eigenvalue weighted by Gasteiger charge is 2.21. The Balaban J connectivity index is 2.63. The van der Waals surface area contributed by atoms with Gasteiger partial charge in [-0.3, -0.25) is 4.79 Å². The number of nitrogens with zero attached hydrogens (tertiary/aromatic N) is 2. The summed E-state index contributed by atoms with van der Waals surface area (Å²) < 4.78 is 24.8. The molecule has 0 spiro atoms. The van der Waals surface area contributed by atoms with Crippen LogP contribution in [-0.4, -0.2) is 35.4 Å². The summed E-state index contributed by atoms with van der Waals surface area (Å²) in [6, 6.07) is 4.36. The second-order valence-corrected chi connectivity index (χ2v) is 6.48. The molecule has 0 aliphatic rings. The first-order chi connectivity index (χ1) is 12.4. The number of aromatic amines is 1. The van der Waals surface area contributed by atoms with E-state index in [1.165, 1.54) is 6.07 Å². The van der Waals surface area contributed by atoms with E-state index >= 15 is 0 Å². The molecule has 10 heteroatoms. The number of halogens is 2. The monoisotopic (exact) mass is 441 g/mol. The molecule has 0 aliphatic carbocycles. The molecule has 2 aromatic rings. The van der Waals surface area contributed by atoms with Gasteiger partial charge in [0.05, 0.1) is 6.61 Å². The van der Waals surface area contributed by atoms with Crippen LogP contribution in [0.4, 0.5) is 4.39 Å². The molecular weight excluding hydrogens is 429 g/mol. The number of aromatic nitrogens is 2. The first kappa shape index (κ1) is 19.9. The Morgan fingerprint density at radius 2 is 2.23 bits per heavy atom. The average Bonchev–Trinajstić information content (AvgIpc) is 2.59. The topological polar surface area (TPSA) is 105 Å². The van der Waals surface area contributed by atoms with Crippen molar-refractivity contribution in [2.75, 3.05) is 19.5 Å². The summed E-state index contributed by atoms with van der Waals surface area (Å²) in [5, 5.41) is 9.56. The normalized spacial score (nSPS) is 10.3. The second-order valence-electron chi connectivity index (χ2n) is 4.77. The molecule has 7 nitrogen and oxygen atoms in total. The van der Waals surface area contributed by atoms with Crippen molar-refractivity contribution >= 4 is 33.7 Å². The molecule has 1 aromatic carbocycles. The van der Waals surface area contributed by atoms with Gasteiger partial charge in [0, 0.05) is 10.0 Å². The number of thioether (sulfide) groups is 1. The summed E-state index contributed by atoms with van der Waals surface area (Å²) in [5.41, 5.74) is -0.918. The summed E-state index contributed by atoms with van der Waals surface area (Å²) in [4.78, 5) is 30.3. The Bertz CT molecular complexity index is 942. The fourth-order valence-corrected chi connectivity index (χ4v) is 2.87. The van der Waals surface area contributed by atoms with Crippen LogP contribution in [0.15, 0.2) is 26.6 Å². The van der Waals surface area contributed by atoms with E-state index in [0.717, 1.165) is 17.8 Å². The number of ether oxygens (including phenoxy) is 2. The summed E-state index contributed by atoms with van der Waals surface area (Å²) in [7, 11) is 0. The second kappa shape index (κ2) is 8.82. The van der Waals surface area contributed by atoms with Gasteiger partial charge in [0.15, 0.2) is 23.3 Å². The number of nitrogens with one attached hydrogen (secondary N) is 1. The number of carbonyl (C=O) groups is 1. The highest BCUT2D eigenvalue weighted by molar-refractivity contribution is 9.10. The number of hydrogen-bond donors (Lipinski definition) is 1. The predicted molar refractivity (Wildman–Crippen MR) is 96.6 cm³/mol. The Morgan fingerprint density at radius 1 is 1.50 bits per heavy atom. The van der Waals surface area contributed by atoms with Crippen molar-refractivity contribution < 1.29 is 18.7 Å². The summed E-state index contributed by atoms with van der Waals surface area (Å²) in [6.07, 6.45) is 1.69. The van der Waals surface area contributed by atoms with E-state index in [1.54, 1.807) is 19.2 Å². The molecule has 1 aromatic heterocycles. The van der Waals surface area contributed by atoms with E-state index in [2.05, 4.69) is 25.9 Å². The largest absolute Gasteiger partial charge is 0.478 e. The van der Waals surface area contributed by atoms with E-state index < -0.39 is 24.0 Å². The van der Waals surface area contributed by atoms with Gasteiger partial charge < -0.3 is 14.5 Å². The quantitative estimate of drug-likeness (QED) is 0.417. The van der Waals surface area contributed by atoms with Crippen LogP contribution in [-0.2, 0) is 9.53 Å². The van der Waals surface area contributed by atoms with Gasteiger partial charge in [0.25, 0.3) is 5.56 Å². The SMILES string of the molecule is CCOC(=O)COc1c(F)cc(Br)cc1-c1nc(SC)[nH]c(=O)c1C#N. The molecule has 136 valence electrons. The number of H-pyrrole nitrogens is 1. The third-order valence-electron chi connectivity index (χ3n) is 3.11. The van der Waals surface area contributed by atoms with E-state index in [1.807, 2.05) is 0 Å². The van der Waals surface area contributed by atoms with Crippen molar-refractivity contribution in [3.05, 3.63) is 38.3 Å². The zero-order chi connectivity index (χ0) is 19.3. The summed E-state index contributed by atoms with van der Waals surface area (Å²) >= 11 is 4.31. The third-order valence-corrected chi connectivity index (χ3v) is 4.14. The molecule has 0 atom stereocenters. The molecular formula is C16H13BrFN3O4S. The van der Waals surface area contributed by atoms with Crippen LogP contribution in [0.2, 0.25) is 0 Å². The van der Waals surface area contributed by atoms with Crippen molar-refractivity contribution in [2.45, 2.75) is 12.1 Å². The van der Waals surface area contributed by atoms with E-state index in [0.29, 0.717) is 4.47 Å². The maximum atomic E-state index is 14.4. The Hall–Kier alpha value is -2.38. The molecule has 0 saturated carbocycles. The zero-order valence-electron chi connectivity index (χ0n) is 13.8. The third kappa shape index (κ3) is 4.42. The molecule has 1 N–H and O–H groups in total. The Morgan fingerprint density at radius 3 is 2.85 bits per heavy atom. The van der Waals surface area contributed by atoms with E-state index in [-0.39, 0.29) is 34.3 Å². The van der Waals surface area contributed by atoms with Gasteiger partial charge in [0.2, 0.25) is 0 Å². The molecule has 0 saturated heterocycles. The van der Waals surface area contributed by atoms with Gasteiger partial charge in [-0.2, -0.15) is 5.26 Å². The lowest BCUT2D eigenvalue weighted by Crippen LogP contribution is -2.17. The summed E-state index contributed by atoms with van der Waals surface area (Å²) in [6.45, 7) is 1.26. The summed E-state index contributed by atoms with van der Waals surface area (Å²) in [5.74, 6) is -1.76. The van der Waals surface area contributed by atoms with Crippen LogP contribution in [0.5, 0.6) is 5.75 Å². The lowest BCUT2D eigenvalue weighted by molar-refractivity contribution is -0.145. The predicted octanol–water partition coefficient (Wildman–Crippen LogP) is 2.87. The lowest BCUT2D eigenvalue weighted by Gasteiger charge is -2.13. The Kier molecular flexibility index (Phi) is 6.76. The van der Waals surface area contributed by atoms with Gasteiger partial charge in [-0.1, -0.05) is 27.7 Å². The van der Waals surface area contributed by atoms with Gasteiger partial charge in [0.1, 0.15) is 17.3 Å². The van der Waals surface area contributed by atoms with Crippen molar-refractivity contribution in [1.82, 2.24) is 9.97 Å². The highest BCUT2D eigenvalue weighted by Crippen LogP contribution is 2.36. The minimum Gasteiger partial charge on any atom is -0.478 e. The molecule has 0 amide bonds. The average molecular weight is 442 g/mol. The van der Waals surface area contributed by atoms with Crippen molar-refractivity contribution in [3.63, 3.8) is 0 Å². The van der Waals surface area contributed by atoms with E-state index in [4.69, 9.17) is 9.47 Å². The standard InChI is InChI=1S/C16H13BrFN3O4S/c1-3-24-12(22)7-25-14-9(4-8(17)5-11(14)18)13-10(6-19)15(23)21-16(20-13)26-2/h4-5H,3,7H2,1-2H3,(H,20,21,23). The van der Waals surface area contributed by atoms with Crippen LogP contribution < -0.4 is 10.3 Å². The first-order valence-corrected chi connectivity index (χ1v) is 9.29. The fourth-order valence-electron chi connectivity index (χ4n) is 2.06. The number of hydrogen-bond acceptors (Lipinski definition) is 7. The van der Waals surface area contributed by atoms with Gasteiger partial charge in [-0.15, -0.1) is 0 Å². The molecule has 0 aliphatic heterocycles. The number of nitriles is 1. The Labute approximate surface area is 160 Å². The van der Waals surface area contributed by atoms with Crippen LogP contribution in [0.25, 0.3) is 11.3 Å². The lowest BCUT2D eigenvalue weighted by atomic mass is 10.1. The van der Waals surface area contributed by atoms with Crippen molar-refractivity contribution in [1.29, 1.82) is 5.26 Å². The smallest absolute Gasteiger partial charge is 0.344 e. The number of carbonyl (C=O) groups excluding carboxylic acids is 1. The molecule has 0 radical (unpaired) electrons.